The first-order chi connectivity index (χ1) is 9.34. The molecule has 0 aliphatic heterocycles. The van der Waals surface area contributed by atoms with Crippen molar-refractivity contribution in [2.75, 3.05) is 0 Å². The summed E-state index contributed by atoms with van der Waals surface area (Å²) in [6.07, 6.45) is 6.98. The van der Waals surface area contributed by atoms with E-state index < -0.39 is 0 Å². The molecule has 4 heteroatoms. The fourth-order valence-corrected chi connectivity index (χ4v) is 2.08. The molecule has 0 radical (unpaired) electrons. The summed E-state index contributed by atoms with van der Waals surface area (Å²) in [7, 11) is 0. The van der Waals surface area contributed by atoms with Gasteiger partial charge in [-0.2, -0.15) is 0 Å². The van der Waals surface area contributed by atoms with Crippen LogP contribution in [0.2, 0.25) is 5.15 Å². The molecule has 0 saturated heterocycles. The van der Waals surface area contributed by atoms with Gasteiger partial charge in [0.15, 0.2) is 0 Å². The van der Waals surface area contributed by atoms with Gasteiger partial charge in [-0.15, -0.1) is 0 Å². The van der Waals surface area contributed by atoms with Crippen LogP contribution < -0.4 is 0 Å². The van der Waals surface area contributed by atoms with Crippen LogP contribution in [-0.4, -0.2) is 16.2 Å². The molecule has 19 heavy (non-hydrogen) atoms. The minimum atomic E-state index is 0.496. The summed E-state index contributed by atoms with van der Waals surface area (Å²) in [6.45, 7) is 0. The van der Waals surface area contributed by atoms with Crippen molar-refractivity contribution in [3.8, 4) is 0 Å². The predicted octanol–water partition coefficient (Wildman–Crippen LogP) is 4.03. The van der Waals surface area contributed by atoms with Gasteiger partial charge in [0.1, 0.15) is 5.15 Å². The van der Waals surface area contributed by atoms with E-state index >= 15 is 0 Å². The summed E-state index contributed by atoms with van der Waals surface area (Å²) in [6, 6.07) is 11.6. The van der Waals surface area contributed by atoms with E-state index in [-0.39, 0.29) is 0 Å². The second-order valence-corrected chi connectivity index (χ2v) is 4.38. The second-order valence-electron chi connectivity index (χ2n) is 4.02. The fourth-order valence-electron chi connectivity index (χ4n) is 1.86. The van der Waals surface area contributed by atoms with E-state index in [1.807, 2.05) is 36.4 Å². The van der Waals surface area contributed by atoms with Crippen molar-refractivity contribution in [2.24, 2.45) is 4.99 Å². The van der Waals surface area contributed by atoms with E-state index in [9.17, 15) is 0 Å². The van der Waals surface area contributed by atoms with Crippen LogP contribution >= 0.6 is 11.6 Å². The predicted molar refractivity (Wildman–Crippen MR) is 78.2 cm³/mol. The highest BCUT2D eigenvalue weighted by atomic mass is 35.5. The van der Waals surface area contributed by atoms with E-state index in [0.29, 0.717) is 5.15 Å². The third-order valence-electron chi connectivity index (χ3n) is 2.77. The van der Waals surface area contributed by atoms with Gasteiger partial charge in [0, 0.05) is 41.1 Å². The molecule has 1 aromatic carbocycles. The molecule has 0 aliphatic carbocycles. The van der Waals surface area contributed by atoms with Crippen LogP contribution in [0.15, 0.2) is 60.0 Å². The van der Waals surface area contributed by atoms with Gasteiger partial charge in [-0.1, -0.05) is 29.8 Å². The zero-order chi connectivity index (χ0) is 13.1. The number of aliphatic imine (C=N–C) groups is 1. The van der Waals surface area contributed by atoms with E-state index in [1.54, 1.807) is 24.8 Å². The number of hydrogen-bond acceptors (Lipinski definition) is 3. The van der Waals surface area contributed by atoms with Crippen molar-refractivity contribution < 1.29 is 0 Å². The summed E-state index contributed by atoms with van der Waals surface area (Å²) < 4.78 is 0. The van der Waals surface area contributed by atoms with Crippen LogP contribution in [0.3, 0.4) is 0 Å². The molecule has 0 aliphatic rings. The minimum Gasteiger partial charge on any atom is -0.264 e. The number of nitrogens with zero attached hydrogens (tertiary/aromatic N) is 3. The van der Waals surface area contributed by atoms with Crippen molar-refractivity contribution in [3.05, 3.63) is 65.7 Å². The van der Waals surface area contributed by atoms with Crippen LogP contribution in [0.4, 0.5) is 5.69 Å². The van der Waals surface area contributed by atoms with Crippen LogP contribution in [0.25, 0.3) is 10.8 Å². The molecule has 0 N–H and O–H groups in total. The maximum atomic E-state index is 6.07. The number of halogens is 1. The quantitative estimate of drug-likeness (QED) is 0.519. The highest BCUT2D eigenvalue weighted by Gasteiger charge is 2.02. The lowest BCUT2D eigenvalue weighted by Gasteiger charge is -2.02. The van der Waals surface area contributed by atoms with Crippen LogP contribution in [0.1, 0.15) is 5.56 Å². The molecule has 0 amide bonds. The van der Waals surface area contributed by atoms with Crippen molar-refractivity contribution in [1.29, 1.82) is 0 Å². The van der Waals surface area contributed by atoms with Gasteiger partial charge in [0.25, 0.3) is 0 Å². The summed E-state index contributed by atoms with van der Waals surface area (Å²) in [4.78, 5) is 12.6. The lowest BCUT2D eigenvalue weighted by molar-refractivity contribution is 1.32. The lowest BCUT2D eigenvalue weighted by atomic mass is 10.1. The Bertz CT molecular complexity index is 739. The third kappa shape index (κ3) is 2.46. The van der Waals surface area contributed by atoms with E-state index in [2.05, 4.69) is 15.0 Å². The molecule has 3 rings (SSSR count). The van der Waals surface area contributed by atoms with Crippen molar-refractivity contribution >= 4 is 34.3 Å². The fraction of sp³-hybridized carbons (Fsp3) is 0. The monoisotopic (exact) mass is 267 g/mol. The Morgan fingerprint density at radius 1 is 1.00 bits per heavy atom. The Balaban J connectivity index is 2.07. The SMILES string of the molecule is Clc1nccc2c(N=Cc3cccnc3)cccc12. The summed E-state index contributed by atoms with van der Waals surface area (Å²) >= 11 is 6.07. The first-order valence-corrected chi connectivity index (χ1v) is 6.20. The molecule has 2 aromatic heterocycles. The smallest absolute Gasteiger partial charge is 0.136 e. The highest BCUT2D eigenvalue weighted by molar-refractivity contribution is 6.34. The summed E-state index contributed by atoms with van der Waals surface area (Å²) in [5.74, 6) is 0. The zero-order valence-electron chi connectivity index (χ0n) is 9.99. The Hall–Kier alpha value is -2.26. The molecule has 0 unspecified atom stereocenters. The van der Waals surface area contributed by atoms with Gasteiger partial charge >= 0.3 is 0 Å². The van der Waals surface area contributed by atoms with Crippen LogP contribution in [-0.2, 0) is 0 Å². The molecule has 0 spiro atoms. The molecular formula is C15H10ClN3. The van der Waals surface area contributed by atoms with Gasteiger partial charge in [-0.25, -0.2) is 4.98 Å². The number of hydrogen-bond donors (Lipinski definition) is 0. The summed E-state index contributed by atoms with van der Waals surface area (Å²) in [5.41, 5.74) is 1.82. The van der Waals surface area contributed by atoms with Crippen LogP contribution in [0, 0.1) is 0 Å². The number of fused-ring (bicyclic) bond motifs is 1. The Morgan fingerprint density at radius 3 is 2.79 bits per heavy atom. The Labute approximate surface area is 115 Å². The van der Waals surface area contributed by atoms with Crippen LogP contribution in [0.5, 0.6) is 0 Å². The Kier molecular flexibility index (Phi) is 3.21. The third-order valence-corrected chi connectivity index (χ3v) is 3.07. The molecule has 3 nitrogen and oxygen atoms in total. The van der Waals surface area contributed by atoms with E-state index in [0.717, 1.165) is 22.0 Å². The number of benzene rings is 1. The first kappa shape index (κ1) is 11.8. The Morgan fingerprint density at radius 2 is 1.95 bits per heavy atom. The van der Waals surface area contributed by atoms with Gasteiger partial charge in [-0.3, -0.25) is 9.98 Å². The van der Waals surface area contributed by atoms with Crippen molar-refractivity contribution in [2.45, 2.75) is 0 Å². The largest absolute Gasteiger partial charge is 0.264 e. The lowest BCUT2D eigenvalue weighted by Crippen LogP contribution is -1.82. The first-order valence-electron chi connectivity index (χ1n) is 5.82. The van der Waals surface area contributed by atoms with Crippen molar-refractivity contribution in [3.63, 3.8) is 0 Å². The summed E-state index contributed by atoms with van der Waals surface area (Å²) in [5, 5.41) is 2.39. The average molecular weight is 268 g/mol. The standard InChI is InChI=1S/C15H10ClN3/c16-15-13-4-1-5-14(12(13)6-8-18-15)19-10-11-3-2-7-17-9-11/h1-10H. The maximum Gasteiger partial charge on any atom is 0.136 e. The van der Waals surface area contributed by atoms with Crippen molar-refractivity contribution in [1.82, 2.24) is 9.97 Å². The minimum absolute atomic E-state index is 0.496. The highest BCUT2D eigenvalue weighted by Crippen LogP contribution is 2.29. The molecule has 0 saturated carbocycles. The normalized spacial score (nSPS) is 11.2. The zero-order valence-corrected chi connectivity index (χ0v) is 10.7. The number of pyridine rings is 2. The molecular weight excluding hydrogens is 258 g/mol. The number of aromatic nitrogens is 2. The molecule has 2 heterocycles. The van der Waals surface area contributed by atoms with E-state index in [4.69, 9.17) is 11.6 Å². The van der Waals surface area contributed by atoms with Gasteiger partial charge < -0.3 is 0 Å². The number of rotatable bonds is 2. The molecule has 0 fully saturated rings. The molecule has 92 valence electrons. The molecule has 0 atom stereocenters. The average Bonchev–Trinajstić information content (AvgIpc) is 2.47. The van der Waals surface area contributed by atoms with Gasteiger partial charge in [-0.05, 0) is 18.2 Å². The topological polar surface area (TPSA) is 38.1 Å². The molecule has 3 aromatic rings. The second kappa shape index (κ2) is 5.16. The maximum absolute atomic E-state index is 6.07. The molecule has 0 bridgehead atoms. The van der Waals surface area contributed by atoms with E-state index in [1.165, 1.54) is 0 Å². The van der Waals surface area contributed by atoms with Gasteiger partial charge in [0.05, 0.1) is 5.69 Å². The van der Waals surface area contributed by atoms with Gasteiger partial charge in [0.2, 0.25) is 0 Å².